The molecule has 1 saturated heterocycles. The maximum absolute atomic E-state index is 12.1. The fraction of sp³-hybridized carbons (Fsp3) is 0.529. The Bertz CT molecular complexity index is 791. The number of amides is 1. The van der Waals surface area contributed by atoms with Crippen molar-refractivity contribution in [1.82, 2.24) is 19.9 Å². The number of carbonyl (C=O) groups excluding carboxylic acids is 1. The first kappa shape index (κ1) is 16.2. The van der Waals surface area contributed by atoms with Crippen LogP contribution in [0.3, 0.4) is 0 Å². The SMILES string of the molecule is CC(C)(C)OC(=O)N1CCC(n2nnc3cc(C#N)ccc32)CC1. The molecule has 7 nitrogen and oxygen atoms in total. The lowest BCUT2D eigenvalue weighted by molar-refractivity contribution is 0.0185. The van der Waals surface area contributed by atoms with Gasteiger partial charge in [-0.3, -0.25) is 0 Å². The summed E-state index contributed by atoms with van der Waals surface area (Å²) in [6.45, 7) is 6.88. The minimum absolute atomic E-state index is 0.196. The Labute approximate surface area is 140 Å². The smallest absolute Gasteiger partial charge is 0.410 e. The molecule has 0 atom stereocenters. The summed E-state index contributed by atoms with van der Waals surface area (Å²) in [5.41, 5.74) is 1.75. The van der Waals surface area contributed by atoms with Crippen molar-refractivity contribution in [3.63, 3.8) is 0 Å². The second-order valence-electron chi connectivity index (χ2n) is 7.05. The minimum Gasteiger partial charge on any atom is -0.444 e. The molecule has 3 rings (SSSR count). The van der Waals surface area contributed by atoms with E-state index in [-0.39, 0.29) is 12.1 Å². The molecule has 0 bridgehead atoms. The standard InChI is InChI=1S/C17H21N5O2/c1-17(2,3)24-16(23)21-8-6-13(7-9-21)22-15-5-4-12(11-18)10-14(15)19-20-22/h4-5,10,13H,6-9H2,1-3H3. The number of ether oxygens (including phenoxy) is 1. The van der Waals surface area contributed by atoms with Crippen LogP contribution in [0.1, 0.15) is 45.2 Å². The van der Waals surface area contributed by atoms with Gasteiger partial charge in [0.15, 0.2) is 0 Å². The molecule has 0 saturated carbocycles. The molecule has 1 aromatic carbocycles. The third kappa shape index (κ3) is 3.32. The predicted octanol–water partition coefficient (Wildman–Crippen LogP) is 2.87. The van der Waals surface area contributed by atoms with Crippen LogP contribution in [0.25, 0.3) is 11.0 Å². The van der Waals surface area contributed by atoms with Gasteiger partial charge in [0, 0.05) is 13.1 Å². The number of nitriles is 1. The maximum atomic E-state index is 12.1. The number of fused-ring (bicyclic) bond motifs is 1. The van der Waals surface area contributed by atoms with E-state index >= 15 is 0 Å². The number of piperidine rings is 1. The summed E-state index contributed by atoms with van der Waals surface area (Å²) in [4.78, 5) is 13.9. The van der Waals surface area contributed by atoms with E-state index in [1.54, 1.807) is 17.0 Å². The van der Waals surface area contributed by atoms with Crippen molar-refractivity contribution in [1.29, 1.82) is 5.26 Å². The Morgan fingerprint density at radius 1 is 1.33 bits per heavy atom. The van der Waals surface area contributed by atoms with E-state index in [2.05, 4.69) is 16.4 Å². The van der Waals surface area contributed by atoms with Gasteiger partial charge in [0.25, 0.3) is 0 Å². The largest absolute Gasteiger partial charge is 0.444 e. The Hall–Kier alpha value is -2.62. The lowest BCUT2D eigenvalue weighted by atomic mass is 10.1. The molecule has 24 heavy (non-hydrogen) atoms. The molecule has 126 valence electrons. The topological polar surface area (TPSA) is 84.0 Å². The summed E-state index contributed by atoms with van der Waals surface area (Å²) in [5, 5.41) is 17.4. The monoisotopic (exact) mass is 327 g/mol. The van der Waals surface area contributed by atoms with Crippen LogP contribution in [-0.2, 0) is 4.74 Å². The first-order valence-corrected chi connectivity index (χ1v) is 8.10. The first-order valence-electron chi connectivity index (χ1n) is 8.10. The van der Waals surface area contributed by atoms with Gasteiger partial charge < -0.3 is 9.64 Å². The molecule has 2 aromatic rings. The zero-order valence-corrected chi connectivity index (χ0v) is 14.2. The number of rotatable bonds is 1. The molecule has 1 amide bonds. The molecule has 1 aliphatic heterocycles. The van der Waals surface area contributed by atoms with E-state index < -0.39 is 5.60 Å². The van der Waals surface area contributed by atoms with Crippen LogP contribution in [0, 0.1) is 11.3 Å². The Balaban J connectivity index is 1.69. The molecule has 0 spiro atoms. The van der Waals surface area contributed by atoms with Crippen molar-refractivity contribution in [3.8, 4) is 6.07 Å². The van der Waals surface area contributed by atoms with Gasteiger partial charge in [0.1, 0.15) is 11.1 Å². The van der Waals surface area contributed by atoms with Crippen molar-refractivity contribution in [3.05, 3.63) is 23.8 Å². The lowest BCUT2D eigenvalue weighted by Crippen LogP contribution is -2.42. The number of aromatic nitrogens is 3. The number of nitrogens with zero attached hydrogens (tertiary/aromatic N) is 5. The molecule has 1 aliphatic rings. The molecule has 0 radical (unpaired) electrons. The summed E-state index contributed by atoms with van der Waals surface area (Å²) in [6, 6.07) is 7.71. The Kier molecular flexibility index (Phi) is 4.14. The Morgan fingerprint density at radius 2 is 2.04 bits per heavy atom. The van der Waals surface area contributed by atoms with E-state index in [9.17, 15) is 4.79 Å². The number of benzene rings is 1. The van der Waals surface area contributed by atoms with Crippen molar-refractivity contribution in [2.24, 2.45) is 0 Å². The Morgan fingerprint density at radius 3 is 2.67 bits per heavy atom. The highest BCUT2D eigenvalue weighted by atomic mass is 16.6. The highest BCUT2D eigenvalue weighted by Gasteiger charge is 2.28. The summed E-state index contributed by atoms with van der Waals surface area (Å²) in [6.07, 6.45) is 1.35. The lowest BCUT2D eigenvalue weighted by Gasteiger charge is -2.33. The van der Waals surface area contributed by atoms with E-state index in [1.807, 2.05) is 31.5 Å². The predicted molar refractivity (Wildman–Crippen MR) is 88.3 cm³/mol. The van der Waals surface area contributed by atoms with Crippen molar-refractivity contribution in [2.75, 3.05) is 13.1 Å². The first-order chi connectivity index (χ1) is 11.4. The van der Waals surface area contributed by atoms with Gasteiger partial charge in [-0.25, -0.2) is 9.48 Å². The van der Waals surface area contributed by atoms with Crippen LogP contribution in [0.4, 0.5) is 4.79 Å². The number of hydrogen-bond acceptors (Lipinski definition) is 5. The van der Waals surface area contributed by atoms with Gasteiger partial charge in [-0.15, -0.1) is 5.10 Å². The van der Waals surface area contributed by atoms with Crippen molar-refractivity contribution >= 4 is 17.1 Å². The molecular formula is C17H21N5O2. The van der Waals surface area contributed by atoms with Crippen LogP contribution >= 0.6 is 0 Å². The van der Waals surface area contributed by atoms with Crippen LogP contribution in [0.5, 0.6) is 0 Å². The van der Waals surface area contributed by atoms with Crippen molar-refractivity contribution in [2.45, 2.75) is 45.3 Å². The van der Waals surface area contributed by atoms with Gasteiger partial charge in [-0.1, -0.05) is 5.21 Å². The highest BCUT2D eigenvalue weighted by molar-refractivity contribution is 5.76. The van der Waals surface area contributed by atoms with E-state index in [0.29, 0.717) is 18.7 Å². The van der Waals surface area contributed by atoms with Crippen LogP contribution < -0.4 is 0 Å². The molecule has 1 aromatic heterocycles. The highest BCUT2D eigenvalue weighted by Crippen LogP contribution is 2.26. The van der Waals surface area contributed by atoms with E-state index in [0.717, 1.165) is 23.9 Å². The molecule has 7 heteroatoms. The van der Waals surface area contributed by atoms with Gasteiger partial charge in [0.05, 0.1) is 23.2 Å². The molecule has 2 heterocycles. The average Bonchev–Trinajstić information content (AvgIpc) is 2.96. The van der Waals surface area contributed by atoms with Gasteiger partial charge in [-0.05, 0) is 51.8 Å². The number of hydrogen-bond donors (Lipinski definition) is 0. The third-order valence-electron chi connectivity index (χ3n) is 4.06. The molecular weight excluding hydrogens is 306 g/mol. The van der Waals surface area contributed by atoms with Gasteiger partial charge in [0.2, 0.25) is 0 Å². The van der Waals surface area contributed by atoms with Crippen LogP contribution in [0.2, 0.25) is 0 Å². The van der Waals surface area contributed by atoms with Crippen LogP contribution in [-0.4, -0.2) is 44.7 Å². The second-order valence-corrected chi connectivity index (χ2v) is 7.05. The average molecular weight is 327 g/mol. The third-order valence-corrected chi connectivity index (χ3v) is 4.06. The fourth-order valence-corrected chi connectivity index (χ4v) is 2.90. The number of likely N-dealkylation sites (tertiary alicyclic amines) is 1. The van der Waals surface area contributed by atoms with E-state index in [1.165, 1.54) is 0 Å². The van der Waals surface area contributed by atoms with Gasteiger partial charge in [-0.2, -0.15) is 5.26 Å². The second kappa shape index (κ2) is 6.11. The maximum Gasteiger partial charge on any atom is 0.410 e. The normalized spacial score (nSPS) is 16.2. The fourth-order valence-electron chi connectivity index (χ4n) is 2.90. The van der Waals surface area contributed by atoms with E-state index in [4.69, 9.17) is 10.00 Å². The van der Waals surface area contributed by atoms with Gasteiger partial charge >= 0.3 is 6.09 Å². The quantitative estimate of drug-likeness (QED) is 0.804. The molecule has 0 aliphatic carbocycles. The summed E-state index contributed by atoms with van der Waals surface area (Å²) < 4.78 is 7.33. The van der Waals surface area contributed by atoms with Crippen LogP contribution in [0.15, 0.2) is 18.2 Å². The zero-order chi connectivity index (χ0) is 17.3. The number of carbonyl (C=O) groups is 1. The minimum atomic E-state index is -0.478. The zero-order valence-electron chi connectivity index (χ0n) is 14.2. The summed E-state index contributed by atoms with van der Waals surface area (Å²) in [5.74, 6) is 0. The molecule has 0 N–H and O–H groups in total. The molecule has 0 unspecified atom stereocenters. The van der Waals surface area contributed by atoms with Crippen molar-refractivity contribution < 1.29 is 9.53 Å². The molecule has 1 fully saturated rings. The summed E-state index contributed by atoms with van der Waals surface area (Å²) >= 11 is 0. The summed E-state index contributed by atoms with van der Waals surface area (Å²) in [7, 11) is 0.